The summed E-state index contributed by atoms with van der Waals surface area (Å²) in [5, 5.41) is 3.95. The van der Waals surface area contributed by atoms with Gasteiger partial charge >= 0.3 is 0 Å². The number of pyridine rings is 1. The van der Waals surface area contributed by atoms with Crippen LogP contribution in [0, 0.1) is 0 Å². The van der Waals surface area contributed by atoms with E-state index in [1.807, 2.05) is 61.5 Å². The van der Waals surface area contributed by atoms with Gasteiger partial charge in [0, 0.05) is 17.5 Å². The molecule has 0 saturated carbocycles. The molecule has 0 fully saturated rings. The fourth-order valence-electron chi connectivity index (χ4n) is 3.54. The summed E-state index contributed by atoms with van der Waals surface area (Å²) in [5.74, 6) is 0.772. The van der Waals surface area contributed by atoms with Crippen LogP contribution in [0.1, 0.15) is 37.6 Å². The van der Waals surface area contributed by atoms with Gasteiger partial charge in [0.25, 0.3) is 5.91 Å². The molecule has 3 aromatic rings. The lowest BCUT2D eigenvalue weighted by Gasteiger charge is -2.17. The monoisotopic (exact) mass is 405 g/mol. The Bertz CT molecular complexity index is 966. The Balaban J connectivity index is 1.81. The molecule has 0 spiro atoms. The van der Waals surface area contributed by atoms with E-state index in [9.17, 15) is 4.79 Å². The summed E-state index contributed by atoms with van der Waals surface area (Å²) in [7, 11) is 0. The molecular formula is C25H31N3O2. The molecule has 1 aromatic heterocycles. The van der Waals surface area contributed by atoms with Crippen LogP contribution in [0.3, 0.4) is 0 Å². The van der Waals surface area contributed by atoms with Crippen LogP contribution in [0.5, 0.6) is 5.75 Å². The maximum atomic E-state index is 13.0. The van der Waals surface area contributed by atoms with E-state index in [4.69, 9.17) is 9.72 Å². The van der Waals surface area contributed by atoms with Crippen LogP contribution < -0.4 is 10.1 Å². The molecule has 0 unspecified atom stereocenters. The van der Waals surface area contributed by atoms with Crippen LogP contribution in [-0.2, 0) is 0 Å². The molecule has 0 atom stereocenters. The van der Waals surface area contributed by atoms with Crippen molar-refractivity contribution in [2.75, 3.05) is 32.8 Å². The van der Waals surface area contributed by atoms with Crippen molar-refractivity contribution in [3.63, 3.8) is 0 Å². The number of aromatic nitrogens is 1. The number of rotatable bonds is 10. The van der Waals surface area contributed by atoms with Gasteiger partial charge in [0.1, 0.15) is 5.75 Å². The summed E-state index contributed by atoms with van der Waals surface area (Å²) >= 11 is 0. The van der Waals surface area contributed by atoms with Crippen LogP contribution in [0.15, 0.2) is 54.6 Å². The fraction of sp³-hybridized carbons (Fsp3) is 0.360. The molecule has 0 saturated heterocycles. The third-order valence-corrected chi connectivity index (χ3v) is 5.25. The normalized spacial score (nSPS) is 11.1. The summed E-state index contributed by atoms with van der Waals surface area (Å²) in [6.45, 7) is 10.6. The van der Waals surface area contributed by atoms with Gasteiger partial charge in [-0.05, 0) is 69.4 Å². The second kappa shape index (κ2) is 10.7. The molecule has 158 valence electrons. The van der Waals surface area contributed by atoms with Crippen molar-refractivity contribution in [1.29, 1.82) is 0 Å². The summed E-state index contributed by atoms with van der Waals surface area (Å²) in [6, 6.07) is 17.5. The Hall–Kier alpha value is -2.92. The van der Waals surface area contributed by atoms with E-state index >= 15 is 0 Å². The summed E-state index contributed by atoms with van der Waals surface area (Å²) in [6.07, 6.45) is 0.933. The highest BCUT2D eigenvalue weighted by atomic mass is 16.5. The van der Waals surface area contributed by atoms with Gasteiger partial charge in [-0.1, -0.05) is 32.0 Å². The van der Waals surface area contributed by atoms with Gasteiger partial charge in [-0.15, -0.1) is 0 Å². The Morgan fingerprint density at radius 2 is 1.77 bits per heavy atom. The number of ether oxygens (including phenoxy) is 1. The number of carbonyl (C=O) groups is 1. The smallest absolute Gasteiger partial charge is 0.252 e. The van der Waals surface area contributed by atoms with Crippen LogP contribution in [-0.4, -0.2) is 48.6 Å². The molecule has 1 N–H and O–H groups in total. The largest absolute Gasteiger partial charge is 0.494 e. The zero-order valence-electron chi connectivity index (χ0n) is 18.1. The molecule has 1 amide bonds. The first kappa shape index (κ1) is 21.8. The highest BCUT2D eigenvalue weighted by Crippen LogP contribution is 2.26. The molecule has 3 rings (SSSR count). The summed E-state index contributed by atoms with van der Waals surface area (Å²) < 4.78 is 5.53. The van der Waals surface area contributed by atoms with Gasteiger partial charge in [0.2, 0.25) is 0 Å². The topological polar surface area (TPSA) is 54.5 Å². The number of para-hydroxylation sites is 1. The molecule has 30 heavy (non-hydrogen) atoms. The van der Waals surface area contributed by atoms with Gasteiger partial charge in [-0.3, -0.25) is 4.79 Å². The molecule has 0 radical (unpaired) electrons. The van der Waals surface area contributed by atoms with Gasteiger partial charge in [0.05, 0.1) is 23.4 Å². The number of amides is 1. The lowest BCUT2D eigenvalue weighted by molar-refractivity contribution is 0.0953. The van der Waals surface area contributed by atoms with E-state index in [1.54, 1.807) is 0 Å². The highest BCUT2D eigenvalue weighted by molar-refractivity contribution is 6.07. The second-order valence-corrected chi connectivity index (χ2v) is 7.17. The summed E-state index contributed by atoms with van der Waals surface area (Å²) in [4.78, 5) is 20.1. The lowest BCUT2D eigenvalue weighted by Crippen LogP contribution is -2.30. The van der Waals surface area contributed by atoms with Gasteiger partial charge in [0.15, 0.2) is 0 Å². The zero-order valence-corrected chi connectivity index (χ0v) is 18.1. The van der Waals surface area contributed by atoms with Gasteiger partial charge in [-0.2, -0.15) is 0 Å². The predicted molar refractivity (Wildman–Crippen MR) is 123 cm³/mol. The second-order valence-electron chi connectivity index (χ2n) is 7.17. The first-order chi connectivity index (χ1) is 14.7. The van der Waals surface area contributed by atoms with Crippen molar-refractivity contribution in [3.8, 4) is 17.0 Å². The van der Waals surface area contributed by atoms with Crippen molar-refractivity contribution in [3.05, 3.63) is 60.2 Å². The van der Waals surface area contributed by atoms with E-state index in [-0.39, 0.29) is 5.91 Å². The molecule has 1 heterocycles. The minimum Gasteiger partial charge on any atom is -0.494 e. The maximum Gasteiger partial charge on any atom is 0.252 e. The SMILES string of the molecule is CCOc1ccc(-c2cc(C(=O)NCCCN(CC)CC)c3ccccc3n2)cc1. The van der Waals surface area contributed by atoms with Crippen molar-refractivity contribution in [2.45, 2.75) is 27.2 Å². The lowest BCUT2D eigenvalue weighted by atomic mass is 10.0. The number of carbonyl (C=O) groups excluding carboxylic acids is 1. The van der Waals surface area contributed by atoms with E-state index in [0.29, 0.717) is 18.7 Å². The number of hydrogen-bond donors (Lipinski definition) is 1. The Morgan fingerprint density at radius 3 is 2.47 bits per heavy atom. The zero-order chi connectivity index (χ0) is 21.3. The standard InChI is InChI=1S/C25H31N3O2/c1-4-28(5-2)17-9-16-26-25(29)22-18-24(27-23-11-8-7-10-21(22)23)19-12-14-20(15-13-19)30-6-3/h7-8,10-15,18H,4-6,9,16-17H2,1-3H3,(H,26,29). The maximum absolute atomic E-state index is 13.0. The molecule has 5 heteroatoms. The van der Waals surface area contributed by atoms with Gasteiger partial charge in [-0.25, -0.2) is 4.98 Å². The molecular weight excluding hydrogens is 374 g/mol. The fourth-order valence-corrected chi connectivity index (χ4v) is 3.54. The Labute approximate surface area is 179 Å². The average molecular weight is 406 g/mol. The van der Waals surface area contributed by atoms with E-state index in [1.165, 1.54) is 0 Å². The van der Waals surface area contributed by atoms with Crippen LogP contribution in [0.25, 0.3) is 22.2 Å². The quantitative estimate of drug-likeness (QED) is 0.494. The molecule has 0 bridgehead atoms. The molecule has 0 aliphatic carbocycles. The van der Waals surface area contributed by atoms with E-state index < -0.39 is 0 Å². The predicted octanol–water partition coefficient (Wildman–Crippen LogP) is 4.76. The minimum absolute atomic E-state index is 0.0552. The number of hydrogen-bond acceptors (Lipinski definition) is 4. The number of nitrogens with one attached hydrogen (secondary N) is 1. The number of fused-ring (bicyclic) bond motifs is 1. The minimum atomic E-state index is -0.0552. The van der Waals surface area contributed by atoms with Gasteiger partial charge < -0.3 is 15.0 Å². The molecule has 0 aliphatic heterocycles. The van der Waals surface area contributed by atoms with Crippen molar-refractivity contribution < 1.29 is 9.53 Å². The first-order valence-electron chi connectivity index (χ1n) is 10.8. The van der Waals surface area contributed by atoms with E-state index in [0.717, 1.165) is 54.0 Å². The third kappa shape index (κ3) is 5.36. The van der Waals surface area contributed by atoms with Crippen LogP contribution >= 0.6 is 0 Å². The molecule has 5 nitrogen and oxygen atoms in total. The average Bonchev–Trinajstić information content (AvgIpc) is 2.79. The third-order valence-electron chi connectivity index (χ3n) is 5.25. The first-order valence-corrected chi connectivity index (χ1v) is 10.8. The molecule has 0 aliphatic rings. The number of nitrogens with zero attached hydrogens (tertiary/aromatic N) is 2. The van der Waals surface area contributed by atoms with Crippen LogP contribution in [0.2, 0.25) is 0 Å². The summed E-state index contributed by atoms with van der Waals surface area (Å²) in [5.41, 5.74) is 3.22. The van der Waals surface area contributed by atoms with Crippen LogP contribution in [0.4, 0.5) is 0 Å². The molecule has 2 aromatic carbocycles. The Kier molecular flexibility index (Phi) is 7.80. The van der Waals surface area contributed by atoms with E-state index in [2.05, 4.69) is 24.1 Å². The van der Waals surface area contributed by atoms with Crippen molar-refractivity contribution >= 4 is 16.8 Å². The number of benzene rings is 2. The highest BCUT2D eigenvalue weighted by Gasteiger charge is 2.14. The Morgan fingerprint density at radius 1 is 1.03 bits per heavy atom. The van der Waals surface area contributed by atoms with Crippen molar-refractivity contribution in [2.24, 2.45) is 0 Å². The van der Waals surface area contributed by atoms with Crippen molar-refractivity contribution in [1.82, 2.24) is 15.2 Å².